The number of aromatic nitrogens is 2. The normalized spacial score (nSPS) is 22.2. The van der Waals surface area contributed by atoms with Crippen LogP contribution in [0.3, 0.4) is 0 Å². The van der Waals surface area contributed by atoms with Crippen LogP contribution >= 0.6 is 0 Å². The van der Waals surface area contributed by atoms with Crippen molar-refractivity contribution in [1.82, 2.24) is 20.0 Å². The molecule has 1 aliphatic heterocycles. The van der Waals surface area contributed by atoms with E-state index in [9.17, 15) is 18.0 Å². The molecule has 8 heteroatoms. The lowest BCUT2D eigenvalue weighted by Gasteiger charge is -2.44. The lowest BCUT2D eigenvalue weighted by Crippen LogP contribution is -2.54. The number of nitrogens with zero attached hydrogens (tertiary/aromatic N) is 3. The molecule has 136 valence electrons. The molecule has 5 nitrogen and oxygen atoms in total. The SMILES string of the molecule is C[C@@H](CNC(=O)N1CC[C@@H](C(F)(F)F)C(C)(C)C1)Cn1cccn1. The second-order valence-corrected chi connectivity index (χ2v) is 7.31. The van der Waals surface area contributed by atoms with Gasteiger partial charge in [0.25, 0.3) is 0 Å². The molecule has 2 atom stereocenters. The molecular formula is C16H25F3N4O. The summed E-state index contributed by atoms with van der Waals surface area (Å²) in [6.45, 7) is 6.51. The van der Waals surface area contributed by atoms with Gasteiger partial charge in [-0.05, 0) is 23.8 Å². The summed E-state index contributed by atoms with van der Waals surface area (Å²) >= 11 is 0. The lowest BCUT2D eigenvalue weighted by molar-refractivity contribution is -0.214. The number of amides is 2. The van der Waals surface area contributed by atoms with Crippen molar-refractivity contribution < 1.29 is 18.0 Å². The van der Waals surface area contributed by atoms with Crippen molar-refractivity contribution in [1.29, 1.82) is 0 Å². The number of piperidine rings is 1. The number of urea groups is 1. The van der Waals surface area contributed by atoms with Crippen molar-refractivity contribution in [2.45, 2.75) is 39.9 Å². The number of nitrogens with one attached hydrogen (secondary N) is 1. The fourth-order valence-corrected chi connectivity index (χ4v) is 3.30. The molecule has 0 spiro atoms. The Morgan fingerprint density at radius 3 is 2.71 bits per heavy atom. The maximum absolute atomic E-state index is 13.1. The molecule has 2 rings (SSSR count). The van der Waals surface area contributed by atoms with Crippen LogP contribution in [-0.2, 0) is 6.54 Å². The predicted molar refractivity (Wildman–Crippen MR) is 84.3 cm³/mol. The number of likely N-dealkylation sites (tertiary alicyclic amines) is 1. The smallest absolute Gasteiger partial charge is 0.338 e. The zero-order chi connectivity index (χ0) is 18.0. The Morgan fingerprint density at radius 2 is 2.17 bits per heavy atom. The van der Waals surface area contributed by atoms with Crippen LogP contribution in [-0.4, -0.2) is 46.5 Å². The van der Waals surface area contributed by atoms with Crippen LogP contribution in [0.25, 0.3) is 0 Å². The molecule has 1 aromatic rings. The summed E-state index contributed by atoms with van der Waals surface area (Å²) in [5.41, 5.74) is -0.978. The Kier molecular flexibility index (Phi) is 5.45. The molecule has 2 amide bonds. The van der Waals surface area contributed by atoms with Crippen molar-refractivity contribution in [3.8, 4) is 0 Å². The molecule has 1 N–H and O–H groups in total. The van der Waals surface area contributed by atoms with Crippen molar-refractivity contribution in [3.05, 3.63) is 18.5 Å². The summed E-state index contributed by atoms with van der Waals surface area (Å²) in [5, 5.41) is 6.93. The van der Waals surface area contributed by atoms with Crippen LogP contribution < -0.4 is 5.32 Å². The van der Waals surface area contributed by atoms with Gasteiger partial charge in [0, 0.05) is 38.6 Å². The van der Waals surface area contributed by atoms with E-state index in [0.29, 0.717) is 13.1 Å². The molecule has 2 heterocycles. The molecule has 0 unspecified atom stereocenters. The Bertz CT molecular complexity index is 542. The first-order chi connectivity index (χ1) is 11.1. The maximum atomic E-state index is 13.1. The summed E-state index contributed by atoms with van der Waals surface area (Å²) in [5.74, 6) is -1.19. The Hall–Kier alpha value is -1.73. The number of hydrogen-bond acceptors (Lipinski definition) is 2. The Morgan fingerprint density at radius 1 is 1.46 bits per heavy atom. The van der Waals surface area contributed by atoms with Crippen LogP contribution in [0.1, 0.15) is 27.2 Å². The van der Waals surface area contributed by atoms with Crippen molar-refractivity contribution in [2.24, 2.45) is 17.3 Å². The molecule has 0 saturated carbocycles. The third kappa shape index (κ3) is 4.64. The van der Waals surface area contributed by atoms with Gasteiger partial charge in [0.2, 0.25) is 0 Å². The minimum atomic E-state index is -4.22. The van der Waals surface area contributed by atoms with Crippen LogP contribution in [0.5, 0.6) is 0 Å². The van der Waals surface area contributed by atoms with Gasteiger partial charge in [-0.2, -0.15) is 18.3 Å². The number of carbonyl (C=O) groups excluding carboxylic acids is 1. The first-order valence-corrected chi connectivity index (χ1v) is 8.16. The number of hydrogen-bond donors (Lipinski definition) is 1. The second kappa shape index (κ2) is 7.03. The standard InChI is InChI=1S/C16H25F3N4O/c1-12(10-23-7-4-6-21-23)9-20-14(24)22-8-5-13(16(17,18)19)15(2,3)11-22/h4,6-7,12-13H,5,8-11H2,1-3H3,(H,20,24)/t12-,13+/m0/s1. The largest absolute Gasteiger partial charge is 0.392 e. The average molecular weight is 346 g/mol. The highest BCUT2D eigenvalue weighted by atomic mass is 19.4. The summed E-state index contributed by atoms with van der Waals surface area (Å²) in [7, 11) is 0. The van der Waals surface area contributed by atoms with E-state index in [4.69, 9.17) is 0 Å². The van der Waals surface area contributed by atoms with Gasteiger partial charge in [0.15, 0.2) is 0 Å². The van der Waals surface area contributed by atoms with Gasteiger partial charge < -0.3 is 10.2 Å². The minimum Gasteiger partial charge on any atom is -0.338 e. The van der Waals surface area contributed by atoms with Crippen molar-refractivity contribution in [3.63, 3.8) is 0 Å². The van der Waals surface area contributed by atoms with Gasteiger partial charge in [-0.15, -0.1) is 0 Å². The zero-order valence-corrected chi connectivity index (χ0v) is 14.3. The maximum Gasteiger partial charge on any atom is 0.392 e. The molecule has 1 aliphatic rings. The van der Waals surface area contributed by atoms with E-state index in [1.807, 2.05) is 19.2 Å². The van der Waals surface area contributed by atoms with Crippen LogP contribution in [0.2, 0.25) is 0 Å². The summed E-state index contributed by atoms with van der Waals surface area (Å²) in [6.07, 6.45) is -0.724. The first kappa shape index (κ1) is 18.6. The molecular weight excluding hydrogens is 321 g/mol. The topological polar surface area (TPSA) is 50.2 Å². The molecule has 1 aromatic heterocycles. The minimum absolute atomic E-state index is 0.0488. The number of carbonyl (C=O) groups is 1. The molecule has 0 aromatic carbocycles. The van der Waals surface area contributed by atoms with E-state index in [1.54, 1.807) is 24.7 Å². The van der Waals surface area contributed by atoms with Gasteiger partial charge in [-0.1, -0.05) is 20.8 Å². The van der Waals surface area contributed by atoms with Crippen LogP contribution in [0.4, 0.5) is 18.0 Å². The van der Waals surface area contributed by atoms with Gasteiger partial charge >= 0.3 is 12.2 Å². The first-order valence-electron chi connectivity index (χ1n) is 8.16. The van der Waals surface area contributed by atoms with E-state index in [-0.39, 0.29) is 31.5 Å². The third-order valence-corrected chi connectivity index (χ3v) is 4.57. The quantitative estimate of drug-likeness (QED) is 0.911. The van der Waals surface area contributed by atoms with Gasteiger partial charge in [-0.25, -0.2) is 4.79 Å². The van der Waals surface area contributed by atoms with E-state index >= 15 is 0 Å². The molecule has 0 aliphatic carbocycles. The Labute approximate surface area is 140 Å². The lowest BCUT2D eigenvalue weighted by atomic mass is 9.73. The summed E-state index contributed by atoms with van der Waals surface area (Å²) in [6, 6.07) is 1.54. The predicted octanol–water partition coefficient (Wildman–Crippen LogP) is 3.14. The third-order valence-electron chi connectivity index (χ3n) is 4.57. The molecule has 1 fully saturated rings. The molecule has 0 bridgehead atoms. The summed E-state index contributed by atoms with van der Waals surface area (Å²) < 4.78 is 41.0. The van der Waals surface area contributed by atoms with Crippen molar-refractivity contribution in [2.75, 3.05) is 19.6 Å². The zero-order valence-electron chi connectivity index (χ0n) is 14.3. The highest BCUT2D eigenvalue weighted by Crippen LogP contribution is 2.44. The second-order valence-electron chi connectivity index (χ2n) is 7.31. The van der Waals surface area contributed by atoms with E-state index < -0.39 is 17.5 Å². The van der Waals surface area contributed by atoms with E-state index in [2.05, 4.69) is 10.4 Å². The van der Waals surface area contributed by atoms with Gasteiger partial charge in [0.05, 0.1) is 5.92 Å². The van der Waals surface area contributed by atoms with E-state index in [1.165, 1.54) is 4.90 Å². The molecule has 0 radical (unpaired) electrons. The average Bonchev–Trinajstić information content (AvgIpc) is 2.95. The van der Waals surface area contributed by atoms with Crippen LogP contribution in [0.15, 0.2) is 18.5 Å². The molecule has 24 heavy (non-hydrogen) atoms. The molecule has 1 saturated heterocycles. The van der Waals surface area contributed by atoms with Gasteiger partial charge in [0.1, 0.15) is 0 Å². The van der Waals surface area contributed by atoms with Crippen LogP contribution in [0, 0.1) is 17.3 Å². The highest BCUT2D eigenvalue weighted by Gasteiger charge is 2.51. The number of rotatable bonds is 4. The number of halogens is 3. The fourth-order valence-electron chi connectivity index (χ4n) is 3.30. The highest BCUT2D eigenvalue weighted by molar-refractivity contribution is 5.74. The van der Waals surface area contributed by atoms with E-state index in [0.717, 1.165) is 0 Å². The number of alkyl halides is 3. The summed E-state index contributed by atoms with van der Waals surface area (Å²) in [4.78, 5) is 13.7. The fraction of sp³-hybridized carbons (Fsp3) is 0.750. The van der Waals surface area contributed by atoms with Gasteiger partial charge in [-0.3, -0.25) is 4.68 Å². The Balaban J connectivity index is 1.83. The monoisotopic (exact) mass is 346 g/mol. The van der Waals surface area contributed by atoms with Crippen molar-refractivity contribution >= 4 is 6.03 Å².